The van der Waals surface area contributed by atoms with Gasteiger partial charge in [0.05, 0.1) is 10.9 Å². The number of unbranched alkanes of at least 4 members (excludes halogenated alkanes) is 1. The predicted molar refractivity (Wildman–Crippen MR) is 219 cm³/mol. The van der Waals surface area contributed by atoms with Gasteiger partial charge in [0.15, 0.2) is 84.5 Å². The third-order valence-corrected chi connectivity index (χ3v) is 13.4. The number of benzene rings is 7. The van der Waals surface area contributed by atoms with E-state index in [1.807, 2.05) is 0 Å². The summed E-state index contributed by atoms with van der Waals surface area (Å²) in [7, 11) is -0.0452. The van der Waals surface area contributed by atoms with E-state index in [9.17, 15) is 52.7 Å². The molecule has 70 heavy (non-hydrogen) atoms. The minimum absolute atomic E-state index is 0.0452. The lowest BCUT2D eigenvalue weighted by Crippen LogP contribution is -2.81. The average molecular weight is 1030 g/mol. The smallest absolute Gasteiger partial charge is 0.200 e. The largest absolute Gasteiger partial charge is 0.207 e. The van der Waals surface area contributed by atoms with E-state index < -0.39 is 144 Å². The van der Waals surface area contributed by atoms with Crippen LogP contribution in [0.2, 0.25) is 0 Å². The molecule has 0 bridgehead atoms. The van der Waals surface area contributed by atoms with E-state index in [0.29, 0.717) is 0 Å². The number of rotatable bonds is 10. The third-order valence-electron chi connectivity index (χ3n) is 11.2. The monoisotopic (exact) mass is 1030 g/mol. The molecule has 0 nitrogen and oxygen atoms in total. The molecule has 0 N–H and O–H groups in total. The molecule has 0 heterocycles. The van der Waals surface area contributed by atoms with Crippen LogP contribution in [0.4, 0.5) is 87.8 Å². The normalized spacial score (nSPS) is 11.7. The van der Waals surface area contributed by atoms with Crippen molar-refractivity contribution in [3.05, 3.63) is 206 Å². The average Bonchev–Trinajstić information content (AvgIpc) is 3.35. The Morgan fingerprint density at radius 2 is 0.500 bits per heavy atom. The van der Waals surface area contributed by atoms with Crippen molar-refractivity contribution in [2.75, 3.05) is 0 Å². The van der Waals surface area contributed by atoms with Crippen molar-refractivity contribution < 1.29 is 87.8 Å². The lowest BCUT2D eigenvalue weighted by Gasteiger charge is -2.44. The maximum atomic E-state index is 15.4. The molecule has 0 saturated heterocycles. The summed E-state index contributed by atoms with van der Waals surface area (Å²) < 4.78 is 294. The van der Waals surface area contributed by atoms with Crippen molar-refractivity contribution in [2.45, 2.75) is 54.7 Å². The highest BCUT2D eigenvalue weighted by Crippen LogP contribution is 2.33. The van der Waals surface area contributed by atoms with Gasteiger partial charge in [-0.15, -0.1) is 21.9 Å². The molecular formula is C48H27BF20S. The summed E-state index contributed by atoms with van der Waals surface area (Å²) >= 11 is 0. The molecule has 0 radical (unpaired) electrons. The van der Waals surface area contributed by atoms with Gasteiger partial charge in [-0.2, -0.15) is 0 Å². The van der Waals surface area contributed by atoms with Crippen molar-refractivity contribution >= 4 is 38.9 Å². The highest BCUT2D eigenvalue weighted by molar-refractivity contribution is 7.97. The van der Waals surface area contributed by atoms with Crippen molar-refractivity contribution in [3.8, 4) is 0 Å². The van der Waals surface area contributed by atoms with Crippen LogP contribution in [0.5, 0.6) is 0 Å². The second-order valence-electron chi connectivity index (χ2n) is 15.5. The maximum absolute atomic E-state index is 15.4. The predicted octanol–water partition coefficient (Wildman–Crippen LogP) is 12.6. The van der Waals surface area contributed by atoms with Crippen molar-refractivity contribution in [1.29, 1.82) is 0 Å². The van der Waals surface area contributed by atoms with Gasteiger partial charge in [-0.1, -0.05) is 60.9 Å². The Balaban J connectivity index is 0.000000270. The minimum atomic E-state index is -7.22. The summed E-state index contributed by atoms with van der Waals surface area (Å²) in [5.41, 5.74) is -10.3. The van der Waals surface area contributed by atoms with Crippen molar-refractivity contribution in [2.24, 2.45) is 0 Å². The zero-order valence-corrected chi connectivity index (χ0v) is 36.4. The highest BCUT2D eigenvalue weighted by Gasteiger charge is 2.52. The van der Waals surface area contributed by atoms with Crippen LogP contribution >= 0.6 is 0 Å². The van der Waals surface area contributed by atoms with Gasteiger partial charge in [0.2, 0.25) is 0 Å². The van der Waals surface area contributed by atoms with E-state index in [1.165, 1.54) is 50.6 Å². The molecule has 0 aliphatic rings. The molecule has 22 heteroatoms. The Morgan fingerprint density at radius 3 is 0.714 bits per heavy atom. The van der Waals surface area contributed by atoms with Crippen molar-refractivity contribution in [1.82, 2.24) is 0 Å². The van der Waals surface area contributed by atoms with Gasteiger partial charge in [0.25, 0.3) is 0 Å². The van der Waals surface area contributed by atoms with Gasteiger partial charge >= 0.3 is 0 Å². The van der Waals surface area contributed by atoms with Crippen LogP contribution in [0.1, 0.15) is 36.5 Å². The Bertz CT molecular complexity index is 2720. The van der Waals surface area contributed by atoms with Gasteiger partial charge in [0, 0.05) is 0 Å². The number of hydrogen-bond donors (Lipinski definition) is 0. The summed E-state index contributed by atoms with van der Waals surface area (Å²) in [5, 5.41) is 0. The molecule has 0 fully saturated rings. The molecule has 0 spiro atoms. The maximum Gasteiger partial charge on any atom is 0.200 e. The molecule has 0 atom stereocenters. The number of halogens is 20. The summed E-state index contributed by atoms with van der Waals surface area (Å²) in [6, 6.07) is 27.3. The Hall–Kier alpha value is -6.45. The van der Waals surface area contributed by atoms with E-state index in [-0.39, 0.29) is 10.9 Å². The van der Waals surface area contributed by atoms with Gasteiger partial charge in [0.1, 0.15) is 52.7 Å². The molecule has 0 amide bonds. The molecule has 368 valence electrons. The fourth-order valence-electron chi connectivity index (χ4n) is 7.80. The van der Waals surface area contributed by atoms with Gasteiger partial charge in [-0.25, -0.2) is 87.8 Å². The fourth-order valence-corrected chi connectivity index (χ4v) is 9.85. The van der Waals surface area contributed by atoms with Gasteiger partial charge in [-0.3, -0.25) is 0 Å². The molecule has 0 unspecified atom stereocenters. The Labute approximate surface area is 386 Å². The summed E-state index contributed by atoms with van der Waals surface area (Å²) in [6.07, 6.45) is -3.52. The van der Waals surface area contributed by atoms with E-state index in [0.717, 1.165) is 0 Å². The summed E-state index contributed by atoms with van der Waals surface area (Å²) in [6.45, 7) is 6.55. The Kier molecular flexibility index (Phi) is 15.5. The van der Waals surface area contributed by atoms with E-state index in [1.54, 1.807) is 0 Å². The van der Waals surface area contributed by atoms with E-state index >= 15 is 35.1 Å². The first-order valence-corrected chi connectivity index (χ1v) is 21.3. The lowest BCUT2D eigenvalue weighted by molar-refractivity contribution is 0.378. The van der Waals surface area contributed by atoms with E-state index in [2.05, 4.69) is 93.6 Å². The van der Waals surface area contributed by atoms with E-state index in [4.69, 9.17) is 0 Å². The first-order valence-electron chi connectivity index (χ1n) is 20.1. The number of aryl methyl sites for hydroxylation is 3. The standard InChI is InChI=1S/C24BF20.C24H27S/c26-5-1(6(27)14(35)21(42)13(5)34)25(2-7(28)15(36)22(43)16(37)8(2)29,3-9(30)17(38)23(44)18(39)10(3)31)4-11(32)19(40)24(45)20(41)12(4)33;1-4-5-6-21-11-17-24(18-12-21)25(22-13-7-19(2)8-14-22)23-15-9-20(3)10-16-23/h;7-18H,4-6H2,1-3H3/q-1;+1. The summed E-state index contributed by atoms with van der Waals surface area (Å²) in [4.78, 5) is 4.17. The highest BCUT2D eigenvalue weighted by atomic mass is 32.2. The summed E-state index contributed by atoms with van der Waals surface area (Å²) in [5.74, 6) is -71.4. The zero-order chi connectivity index (χ0) is 52.0. The molecule has 0 aromatic heterocycles. The topological polar surface area (TPSA) is 0 Å². The fraction of sp³-hybridized carbons (Fsp3) is 0.125. The molecular weight excluding hydrogens is 999 g/mol. The molecule has 0 aliphatic carbocycles. The Morgan fingerprint density at radius 1 is 0.300 bits per heavy atom. The first kappa shape index (κ1) is 52.9. The SMILES string of the molecule is CCCCc1ccc([S+](c2ccc(C)cc2)c2ccc(C)cc2)cc1.Fc1c(F)c(F)c([B-](c2c(F)c(F)c(F)c(F)c2F)(c2c(F)c(F)c(F)c(F)c2F)c2c(F)c(F)c(F)c(F)c2F)c(F)c1F. The zero-order valence-electron chi connectivity index (χ0n) is 35.6. The van der Waals surface area contributed by atoms with Crippen molar-refractivity contribution in [3.63, 3.8) is 0 Å². The van der Waals surface area contributed by atoms with Crippen LogP contribution in [0.15, 0.2) is 87.5 Å². The van der Waals surface area contributed by atoms with Crippen LogP contribution < -0.4 is 21.9 Å². The molecule has 7 rings (SSSR count). The van der Waals surface area contributed by atoms with Gasteiger partial charge in [-0.05, 0) is 68.7 Å². The van der Waals surface area contributed by atoms with Crippen LogP contribution in [0, 0.1) is 130 Å². The minimum Gasteiger partial charge on any atom is -0.207 e. The molecule has 0 saturated carbocycles. The van der Waals surface area contributed by atoms with Crippen LogP contribution in [0.25, 0.3) is 0 Å². The van der Waals surface area contributed by atoms with Crippen LogP contribution in [-0.2, 0) is 17.3 Å². The van der Waals surface area contributed by atoms with Crippen LogP contribution in [-0.4, -0.2) is 6.15 Å². The lowest BCUT2D eigenvalue weighted by atomic mass is 9.12. The number of hydrogen-bond acceptors (Lipinski definition) is 0. The third kappa shape index (κ3) is 8.87. The van der Waals surface area contributed by atoms with Crippen LogP contribution in [0.3, 0.4) is 0 Å². The second-order valence-corrected chi connectivity index (χ2v) is 17.5. The quantitative estimate of drug-likeness (QED) is 0.0421. The molecule has 7 aromatic rings. The molecule has 7 aromatic carbocycles. The van der Waals surface area contributed by atoms with Gasteiger partial charge < -0.3 is 0 Å². The second kappa shape index (κ2) is 20.5. The first-order chi connectivity index (χ1) is 32.9. The molecule has 0 aliphatic heterocycles.